The van der Waals surface area contributed by atoms with Crippen molar-refractivity contribution in [2.75, 3.05) is 31.6 Å². The normalized spacial score (nSPS) is 17.0. The number of aromatic nitrogens is 1. The Balaban J connectivity index is 1.63. The quantitative estimate of drug-likeness (QED) is 0.197. The Morgan fingerprint density at radius 3 is 2.50 bits per heavy atom. The van der Waals surface area contributed by atoms with E-state index in [4.69, 9.17) is 9.26 Å². The third-order valence-electron chi connectivity index (χ3n) is 7.50. The summed E-state index contributed by atoms with van der Waals surface area (Å²) in [5.74, 6) is -4.49. The number of nitrogens with zero attached hydrogens (tertiary/aromatic N) is 3. The van der Waals surface area contributed by atoms with Gasteiger partial charge in [0.25, 0.3) is 11.8 Å². The summed E-state index contributed by atoms with van der Waals surface area (Å²) in [6, 6.07) is 2.75. The van der Waals surface area contributed by atoms with Crippen molar-refractivity contribution in [3.63, 3.8) is 0 Å². The molecule has 14 nitrogen and oxygen atoms in total. The molecule has 4 rings (SSSR count). The summed E-state index contributed by atoms with van der Waals surface area (Å²) in [6.07, 6.45) is 1.13. The molecule has 0 radical (unpaired) electrons. The van der Waals surface area contributed by atoms with Crippen LogP contribution in [-0.2, 0) is 25.1 Å². The molecule has 2 aromatic rings. The summed E-state index contributed by atoms with van der Waals surface area (Å²) in [5, 5.41) is 14.7. The van der Waals surface area contributed by atoms with Gasteiger partial charge in [0.1, 0.15) is 22.9 Å². The minimum absolute atomic E-state index is 0.0643. The topological polar surface area (TPSA) is 177 Å². The van der Waals surface area contributed by atoms with Crippen LogP contribution in [0.5, 0.6) is 5.75 Å². The largest absolute Gasteiger partial charge is 0.510 e. The predicted octanol–water partition coefficient (Wildman–Crippen LogP) is 2.78. The van der Waals surface area contributed by atoms with E-state index in [1.165, 1.54) is 17.0 Å². The highest BCUT2D eigenvalue weighted by Gasteiger charge is 2.51. The summed E-state index contributed by atoms with van der Waals surface area (Å²) in [7, 11) is -2.93. The second-order valence-corrected chi connectivity index (χ2v) is 12.7. The number of benzene rings is 1. The van der Waals surface area contributed by atoms with E-state index in [-0.39, 0.29) is 12.1 Å². The van der Waals surface area contributed by atoms with Crippen molar-refractivity contribution in [2.45, 2.75) is 57.8 Å². The number of ether oxygens (including phenoxy) is 2. The van der Waals surface area contributed by atoms with Crippen molar-refractivity contribution in [1.82, 2.24) is 14.9 Å². The van der Waals surface area contributed by atoms with Crippen LogP contribution in [0.25, 0.3) is 0 Å². The van der Waals surface area contributed by atoms with Crippen molar-refractivity contribution < 1.29 is 51.7 Å². The molecule has 1 aliphatic carbocycles. The molecule has 0 bridgehead atoms. The maximum atomic E-state index is 14.1. The van der Waals surface area contributed by atoms with Gasteiger partial charge < -0.3 is 29.7 Å². The number of rotatable bonds is 10. The van der Waals surface area contributed by atoms with Crippen LogP contribution in [-0.4, -0.2) is 75.9 Å². The van der Waals surface area contributed by atoms with Crippen molar-refractivity contribution in [1.29, 1.82) is 0 Å². The highest BCUT2D eigenvalue weighted by Crippen LogP contribution is 2.45. The van der Waals surface area contributed by atoms with Crippen molar-refractivity contribution in [2.24, 2.45) is 0 Å². The zero-order valence-electron chi connectivity index (χ0n) is 24.2. The standard InChI is InChI=1S/C27H33F2N4O10P/c1-16(2)43-26(38)41-15-42-44(39,40)11-10-33-27(8-4-5-9-27)31(3)25(37)21-23(35)22(34)19(14-32(21)33)24(36)30-13-17-6-7-18(28)12-20(17)29/h6-7,12,14,16,35H,4-5,8-11,13,15H2,1-3H3,(H,30,36)(H,39,40). The predicted molar refractivity (Wildman–Crippen MR) is 150 cm³/mol. The van der Waals surface area contributed by atoms with E-state index in [2.05, 4.69) is 10.1 Å². The van der Waals surface area contributed by atoms with Crippen LogP contribution >= 0.6 is 7.60 Å². The van der Waals surface area contributed by atoms with E-state index in [0.717, 1.165) is 23.0 Å². The second-order valence-electron chi connectivity index (χ2n) is 10.7. The molecule has 0 saturated heterocycles. The molecule has 2 heterocycles. The Morgan fingerprint density at radius 2 is 1.86 bits per heavy atom. The third-order valence-corrected chi connectivity index (χ3v) is 8.77. The van der Waals surface area contributed by atoms with Gasteiger partial charge in [-0.2, -0.15) is 0 Å². The van der Waals surface area contributed by atoms with Gasteiger partial charge in [-0.3, -0.25) is 33.2 Å². The molecule has 1 aliphatic heterocycles. The number of hydrogen-bond acceptors (Lipinski definition) is 10. The summed E-state index contributed by atoms with van der Waals surface area (Å²) < 4.78 is 55.7. The fourth-order valence-corrected chi connectivity index (χ4v) is 6.11. The van der Waals surface area contributed by atoms with Gasteiger partial charge >= 0.3 is 13.8 Å². The molecule has 1 aromatic carbocycles. The van der Waals surface area contributed by atoms with Crippen LogP contribution in [0, 0.1) is 11.6 Å². The number of carbonyl (C=O) groups is 3. The minimum Gasteiger partial charge on any atom is -0.502 e. The lowest BCUT2D eigenvalue weighted by Crippen LogP contribution is -2.68. The van der Waals surface area contributed by atoms with Gasteiger partial charge in [-0.05, 0) is 45.6 Å². The Hall–Kier alpha value is -4.01. The smallest absolute Gasteiger partial charge is 0.502 e. The van der Waals surface area contributed by atoms with Gasteiger partial charge in [0, 0.05) is 38.0 Å². The van der Waals surface area contributed by atoms with Crippen LogP contribution in [0.1, 0.15) is 65.9 Å². The summed E-state index contributed by atoms with van der Waals surface area (Å²) in [5.41, 5.74) is -3.34. The fourth-order valence-electron chi connectivity index (χ4n) is 5.32. The number of halogens is 2. The molecule has 1 spiro atoms. The first-order valence-electron chi connectivity index (χ1n) is 13.7. The molecule has 1 atom stereocenters. The average Bonchev–Trinajstić information content (AvgIpc) is 3.43. The third kappa shape index (κ3) is 6.71. The van der Waals surface area contributed by atoms with E-state index in [9.17, 15) is 42.5 Å². The Labute approximate surface area is 250 Å². The first-order chi connectivity index (χ1) is 20.7. The zero-order valence-corrected chi connectivity index (χ0v) is 25.1. The molecule has 2 amide bonds. The number of amides is 2. The lowest BCUT2D eigenvalue weighted by atomic mass is 10.0. The first-order valence-corrected chi connectivity index (χ1v) is 15.5. The van der Waals surface area contributed by atoms with Crippen LogP contribution in [0.3, 0.4) is 0 Å². The zero-order chi connectivity index (χ0) is 32.4. The average molecular weight is 643 g/mol. The maximum absolute atomic E-state index is 14.1. The number of carbonyl (C=O) groups excluding carboxylic acids is 3. The van der Waals surface area contributed by atoms with Gasteiger partial charge in [0.2, 0.25) is 12.2 Å². The van der Waals surface area contributed by atoms with Crippen molar-refractivity contribution in [3.8, 4) is 5.75 Å². The number of aromatic hydroxyl groups is 1. The molecule has 240 valence electrons. The van der Waals surface area contributed by atoms with Crippen LogP contribution < -0.4 is 15.8 Å². The van der Waals surface area contributed by atoms with E-state index < -0.39 is 90.9 Å². The molecule has 44 heavy (non-hydrogen) atoms. The van der Waals surface area contributed by atoms with Gasteiger partial charge in [0.05, 0.1) is 12.3 Å². The maximum Gasteiger partial charge on any atom is 0.510 e. The van der Waals surface area contributed by atoms with E-state index >= 15 is 0 Å². The molecular formula is C27H33F2N4O10P. The number of pyridine rings is 1. The van der Waals surface area contributed by atoms with Crippen LogP contribution in [0.4, 0.5) is 13.6 Å². The van der Waals surface area contributed by atoms with E-state index in [1.807, 2.05) is 0 Å². The first kappa shape index (κ1) is 32.9. The molecular weight excluding hydrogens is 609 g/mol. The molecule has 3 N–H and O–H groups in total. The lowest BCUT2D eigenvalue weighted by Gasteiger charge is -2.53. The minimum atomic E-state index is -4.42. The van der Waals surface area contributed by atoms with Gasteiger partial charge in [-0.25, -0.2) is 13.6 Å². The highest BCUT2D eigenvalue weighted by molar-refractivity contribution is 7.52. The molecule has 1 unspecified atom stereocenters. The van der Waals surface area contributed by atoms with Crippen molar-refractivity contribution >= 4 is 25.6 Å². The molecule has 1 aromatic heterocycles. The summed E-state index contributed by atoms with van der Waals surface area (Å²) in [6.45, 7) is 1.62. The lowest BCUT2D eigenvalue weighted by molar-refractivity contribution is -0.0108. The van der Waals surface area contributed by atoms with Gasteiger partial charge in [-0.1, -0.05) is 6.07 Å². The summed E-state index contributed by atoms with van der Waals surface area (Å²) >= 11 is 0. The van der Waals surface area contributed by atoms with Gasteiger partial charge in [-0.15, -0.1) is 0 Å². The van der Waals surface area contributed by atoms with Crippen LogP contribution in [0.15, 0.2) is 29.2 Å². The molecule has 2 aliphatic rings. The molecule has 1 saturated carbocycles. The number of hydrogen-bond donors (Lipinski definition) is 3. The van der Waals surface area contributed by atoms with Gasteiger partial charge in [0.15, 0.2) is 11.4 Å². The monoisotopic (exact) mass is 642 g/mol. The van der Waals surface area contributed by atoms with E-state index in [0.29, 0.717) is 31.7 Å². The summed E-state index contributed by atoms with van der Waals surface area (Å²) in [4.78, 5) is 62.9. The SMILES string of the molecule is CC(C)OC(=O)OCOP(=O)(O)CCN1n2cc(C(=O)NCc3ccc(F)cc3F)c(=O)c(O)c2C(=O)N(C)C12CCCC2. The Kier molecular flexibility index (Phi) is 9.66. The highest BCUT2D eigenvalue weighted by atomic mass is 31.2. The second kappa shape index (κ2) is 12.9. The molecule has 17 heteroatoms. The van der Waals surface area contributed by atoms with Crippen molar-refractivity contribution in [3.05, 3.63) is 63.1 Å². The number of nitrogens with one attached hydrogen (secondary N) is 1. The van der Waals surface area contributed by atoms with E-state index in [1.54, 1.807) is 13.8 Å². The molecule has 1 fully saturated rings. The Bertz CT molecular complexity index is 1560. The fraction of sp³-hybridized carbons (Fsp3) is 0.481. The Morgan fingerprint density at radius 1 is 1.18 bits per heavy atom. The number of fused-ring (bicyclic) bond motifs is 1. The van der Waals surface area contributed by atoms with Crippen LogP contribution in [0.2, 0.25) is 0 Å².